The number of carbonyl (C=O) groups is 2. The van der Waals surface area contributed by atoms with Crippen molar-refractivity contribution in [1.82, 2.24) is 4.98 Å². The van der Waals surface area contributed by atoms with E-state index >= 15 is 0 Å². The van der Waals surface area contributed by atoms with Crippen molar-refractivity contribution in [3.8, 4) is 0 Å². The Labute approximate surface area is 270 Å². The second-order valence-corrected chi connectivity index (χ2v) is 13.7. The van der Waals surface area contributed by atoms with E-state index in [1.54, 1.807) is 0 Å². The van der Waals surface area contributed by atoms with Gasteiger partial charge < -0.3 is 15.2 Å². The highest BCUT2D eigenvalue weighted by molar-refractivity contribution is 9.10. The van der Waals surface area contributed by atoms with Gasteiger partial charge in [0.15, 0.2) is 5.78 Å². The summed E-state index contributed by atoms with van der Waals surface area (Å²) >= 11 is 9.91. The van der Waals surface area contributed by atoms with Gasteiger partial charge in [0.25, 0.3) is 0 Å². The summed E-state index contributed by atoms with van der Waals surface area (Å²) in [6, 6.07) is 31.6. The van der Waals surface area contributed by atoms with Crippen LogP contribution in [0.15, 0.2) is 107 Å². The summed E-state index contributed by atoms with van der Waals surface area (Å²) in [5.74, 6) is -0.546. The van der Waals surface area contributed by atoms with Gasteiger partial charge >= 0.3 is 0 Å². The summed E-state index contributed by atoms with van der Waals surface area (Å²) in [4.78, 5) is 34.3. The Hall–Kier alpha value is -4.13. The van der Waals surface area contributed by atoms with Crippen molar-refractivity contribution >= 4 is 67.1 Å². The molecule has 1 aliphatic heterocycles. The molecule has 0 radical (unpaired) electrons. The summed E-state index contributed by atoms with van der Waals surface area (Å²) < 4.78 is 0.874. The lowest BCUT2D eigenvalue weighted by molar-refractivity contribution is -0.119. The third-order valence-electron chi connectivity index (χ3n) is 8.61. The summed E-state index contributed by atoms with van der Waals surface area (Å²) in [5, 5.41) is 5.13. The van der Waals surface area contributed by atoms with Crippen molar-refractivity contribution in [2.75, 3.05) is 10.2 Å². The van der Waals surface area contributed by atoms with Crippen molar-refractivity contribution in [3.05, 3.63) is 135 Å². The van der Waals surface area contributed by atoms with Crippen molar-refractivity contribution in [2.24, 2.45) is 5.41 Å². The molecule has 5 aromatic rings. The van der Waals surface area contributed by atoms with Crippen LogP contribution in [0.4, 0.5) is 11.4 Å². The molecule has 2 aliphatic rings. The van der Waals surface area contributed by atoms with E-state index < -0.39 is 5.92 Å². The molecule has 1 atom stereocenters. The smallest absolute Gasteiger partial charge is 0.239 e. The molecule has 1 aromatic heterocycles. The Bertz CT molecular complexity index is 1960. The molecule has 4 aromatic carbocycles. The van der Waals surface area contributed by atoms with Crippen LogP contribution in [0.1, 0.15) is 55.0 Å². The summed E-state index contributed by atoms with van der Waals surface area (Å²) in [6.45, 7) is 4.70. The molecule has 7 heteroatoms. The number of nitrogens with one attached hydrogen (secondary N) is 2. The number of nitrogens with zero attached hydrogens (tertiary/aromatic N) is 1. The molecule has 0 fully saturated rings. The zero-order valence-electron chi connectivity index (χ0n) is 24.5. The van der Waals surface area contributed by atoms with E-state index in [0.717, 1.165) is 49.1 Å². The Morgan fingerprint density at radius 1 is 0.909 bits per heavy atom. The number of hydrogen-bond acceptors (Lipinski definition) is 3. The van der Waals surface area contributed by atoms with Gasteiger partial charge in [0, 0.05) is 43.9 Å². The first-order valence-corrected chi connectivity index (χ1v) is 15.9. The van der Waals surface area contributed by atoms with Crippen molar-refractivity contribution in [2.45, 2.75) is 39.2 Å². The number of allylic oxidation sites excluding steroid dienone is 2. The molecule has 0 bridgehead atoms. The first-order valence-electron chi connectivity index (χ1n) is 14.7. The number of aromatic amines is 1. The van der Waals surface area contributed by atoms with Gasteiger partial charge in [0.1, 0.15) is 0 Å². The van der Waals surface area contributed by atoms with E-state index in [1.165, 1.54) is 0 Å². The molecule has 1 aliphatic carbocycles. The van der Waals surface area contributed by atoms with Crippen LogP contribution in [0.5, 0.6) is 0 Å². The number of benzene rings is 4. The maximum atomic E-state index is 14.6. The number of H-pyrrole nitrogens is 1. The number of hydrogen-bond donors (Lipinski definition) is 2. The van der Waals surface area contributed by atoms with Gasteiger partial charge in [-0.05, 0) is 75.3 Å². The van der Waals surface area contributed by atoms with Gasteiger partial charge in [-0.2, -0.15) is 0 Å². The SMILES string of the molecule is CC1(C)CC(=O)C(c2[nH]c3c(Br)cccc3c2C2C(=O)N(Cc3ccccc3)c3ccccc32)=C(Nc2ccc(Cl)cc2)C1. The van der Waals surface area contributed by atoms with Crippen LogP contribution < -0.4 is 10.2 Å². The number of Topliss-reactive ketones (excluding diaryl/α,β-unsaturated/α-hetero) is 1. The molecule has 44 heavy (non-hydrogen) atoms. The van der Waals surface area contributed by atoms with E-state index in [2.05, 4.69) is 40.1 Å². The molecule has 0 spiro atoms. The number of aromatic nitrogens is 1. The molecule has 0 saturated heterocycles. The predicted octanol–water partition coefficient (Wildman–Crippen LogP) is 9.47. The number of amides is 1. The number of carbonyl (C=O) groups excluding carboxylic acids is 2. The van der Waals surface area contributed by atoms with Gasteiger partial charge in [-0.15, -0.1) is 0 Å². The lowest BCUT2D eigenvalue weighted by Gasteiger charge is -2.33. The fourth-order valence-corrected chi connectivity index (χ4v) is 7.31. The van der Waals surface area contributed by atoms with E-state index in [4.69, 9.17) is 11.6 Å². The van der Waals surface area contributed by atoms with Crippen LogP contribution in [0.3, 0.4) is 0 Å². The predicted molar refractivity (Wildman–Crippen MR) is 182 cm³/mol. The lowest BCUT2D eigenvalue weighted by atomic mass is 9.74. The minimum Gasteiger partial charge on any atom is -0.358 e. The number of halogens is 2. The second kappa shape index (κ2) is 11.1. The third kappa shape index (κ3) is 5.06. The molecule has 1 amide bonds. The number of fused-ring (bicyclic) bond motifs is 2. The topological polar surface area (TPSA) is 65.2 Å². The Balaban J connectivity index is 1.45. The first-order chi connectivity index (χ1) is 21.2. The Morgan fingerprint density at radius 2 is 1.64 bits per heavy atom. The minimum atomic E-state index is -0.583. The highest BCUT2D eigenvalue weighted by Crippen LogP contribution is 2.49. The minimum absolute atomic E-state index is 0.00595. The molecule has 0 saturated carbocycles. The van der Waals surface area contributed by atoms with Gasteiger partial charge in [-0.3, -0.25) is 9.59 Å². The number of rotatable bonds is 6. The molecular formula is C37H31BrClN3O2. The Morgan fingerprint density at radius 3 is 2.41 bits per heavy atom. The van der Waals surface area contributed by atoms with Gasteiger partial charge in [-0.25, -0.2) is 0 Å². The van der Waals surface area contributed by atoms with E-state index in [9.17, 15) is 9.59 Å². The summed E-state index contributed by atoms with van der Waals surface area (Å²) in [7, 11) is 0. The highest BCUT2D eigenvalue weighted by Gasteiger charge is 2.43. The lowest BCUT2D eigenvalue weighted by Crippen LogP contribution is -2.30. The molecule has 2 heterocycles. The molecular weight excluding hydrogens is 634 g/mol. The fourth-order valence-electron chi connectivity index (χ4n) is 6.72. The van der Waals surface area contributed by atoms with E-state index in [0.29, 0.717) is 35.7 Å². The monoisotopic (exact) mass is 663 g/mol. The second-order valence-electron chi connectivity index (χ2n) is 12.4. The zero-order chi connectivity index (χ0) is 30.6. The average molecular weight is 665 g/mol. The molecule has 5 nitrogen and oxygen atoms in total. The third-order valence-corrected chi connectivity index (χ3v) is 9.52. The van der Waals surface area contributed by atoms with Crippen LogP contribution in [0, 0.1) is 5.41 Å². The molecule has 1 unspecified atom stereocenters. The maximum Gasteiger partial charge on any atom is 0.239 e. The quantitative estimate of drug-likeness (QED) is 0.190. The molecule has 2 N–H and O–H groups in total. The number of ketones is 1. The highest BCUT2D eigenvalue weighted by atomic mass is 79.9. The van der Waals surface area contributed by atoms with Gasteiger partial charge in [0.05, 0.1) is 29.2 Å². The first kappa shape index (κ1) is 28.6. The zero-order valence-corrected chi connectivity index (χ0v) is 26.8. The van der Waals surface area contributed by atoms with Crippen molar-refractivity contribution in [1.29, 1.82) is 0 Å². The van der Waals surface area contributed by atoms with E-state index in [-0.39, 0.29) is 17.1 Å². The van der Waals surface area contributed by atoms with Crippen LogP contribution >= 0.6 is 27.5 Å². The largest absolute Gasteiger partial charge is 0.358 e. The van der Waals surface area contributed by atoms with Crippen molar-refractivity contribution < 1.29 is 9.59 Å². The van der Waals surface area contributed by atoms with Crippen LogP contribution in [-0.4, -0.2) is 16.7 Å². The number of para-hydroxylation sites is 2. The standard InChI is InChI=1S/C37H31BrClN3O2/c1-37(2)19-28(40-24-17-15-23(39)16-18-24)33(30(43)20-37)35-31(26-12-8-13-27(38)34(26)41-35)32-25-11-6-7-14-29(25)42(36(32)44)21-22-9-4-3-5-10-22/h3-18,32,40-41H,19-21H2,1-2H3. The van der Waals surface area contributed by atoms with Crippen LogP contribution in [-0.2, 0) is 16.1 Å². The molecule has 220 valence electrons. The summed E-state index contributed by atoms with van der Waals surface area (Å²) in [6.07, 6.45) is 1.07. The fraction of sp³-hybridized carbons (Fsp3) is 0.189. The van der Waals surface area contributed by atoms with Crippen LogP contribution in [0.25, 0.3) is 16.5 Å². The van der Waals surface area contributed by atoms with Crippen molar-refractivity contribution in [3.63, 3.8) is 0 Å². The summed E-state index contributed by atoms with van der Waals surface area (Å²) in [5.41, 5.74) is 7.32. The van der Waals surface area contributed by atoms with Crippen LogP contribution in [0.2, 0.25) is 5.02 Å². The Kier molecular flexibility index (Phi) is 7.22. The molecule has 7 rings (SSSR count). The van der Waals surface area contributed by atoms with Gasteiger partial charge in [-0.1, -0.05) is 86.1 Å². The van der Waals surface area contributed by atoms with E-state index in [1.807, 2.05) is 102 Å². The normalized spacial score (nSPS) is 17.8. The average Bonchev–Trinajstić information content (AvgIpc) is 3.49. The number of anilines is 2. The maximum absolute atomic E-state index is 14.6. The van der Waals surface area contributed by atoms with Gasteiger partial charge in [0.2, 0.25) is 5.91 Å².